The third-order valence-electron chi connectivity index (χ3n) is 5.16. The van der Waals surface area contributed by atoms with Gasteiger partial charge in [-0.2, -0.15) is 0 Å². The number of aryl methyl sites for hydroxylation is 1. The summed E-state index contributed by atoms with van der Waals surface area (Å²) in [5.41, 5.74) is 1.34. The summed E-state index contributed by atoms with van der Waals surface area (Å²) in [5, 5.41) is 0. The number of imidazole rings is 1. The van der Waals surface area contributed by atoms with Gasteiger partial charge < -0.3 is 9.47 Å². The molecule has 0 saturated carbocycles. The highest BCUT2D eigenvalue weighted by Gasteiger charge is 2.23. The monoisotopic (exact) mass is 275 g/mol. The first-order valence-electron chi connectivity index (χ1n) is 8.40. The van der Waals surface area contributed by atoms with Crippen molar-refractivity contribution in [1.29, 1.82) is 0 Å². The molecular weight excluding hydrogens is 246 g/mol. The molecule has 0 spiro atoms. The van der Waals surface area contributed by atoms with Crippen LogP contribution in [0.3, 0.4) is 0 Å². The molecule has 1 saturated heterocycles. The minimum Gasteiger partial charge on any atom is -0.334 e. The molecule has 0 radical (unpaired) electrons. The van der Waals surface area contributed by atoms with Gasteiger partial charge in [0.2, 0.25) is 0 Å². The van der Waals surface area contributed by atoms with E-state index in [2.05, 4.69) is 36.4 Å². The summed E-state index contributed by atoms with van der Waals surface area (Å²) in [6.45, 7) is 10.7. The lowest BCUT2D eigenvalue weighted by atomic mass is 9.92. The quantitative estimate of drug-likeness (QED) is 0.845. The van der Waals surface area contributed by atoms with Crippen LogP contribution < -0.4 is 0 Å². The Morgan fingerprint density at radius 3 is 2.70 bits per heavy atom. The van der Waals surface area contributed by atoms with E-state index >= 15 is 0 Å². The minimum atomic E-state index is 0.706. The van der Waals surface area contributed by atoms with Gasteiger partial charge in [-0.25, -0.2) is 4.98 Å². The summed E-state index contributed by atoms with van der Waals surface area (Å²) in [5.74, 6) is 3.00. The Morgan fingerprint density at radius 1 is 1.25 bits per heavy atom. The molecule has 1 fully saturated rings. The largest absolute Gasteiger partial charge is 0.334 e. The van der Waals surface area contributed by atoms with E-state index in [1.165, 1.54) is 63.3 Å². The normalized spacial score (nSPS) is 25.1. The van der Waals surface area contributed by atoms with Crippen molar-refractivity contribution >= 4 is 0 Å². The van der Waals surface area contributed by atoms with Gasteiger partial charge >= 0.3 is 0 Å². The third-order valence-corrected chi connectivity index (χ3v) is 5.16. The van der Waals surface area contributed by atoms with Crippen LogP contribution in [0.1, 0.15) is 51.6 Å². The molecule has 3 rings (SSSR count). The van der Waals surface area contributed by atoms with Crippen LogP contribution >= 0.6 is 0 Å². The smallest absolute Gasteiger partial charge is 0.108 e. The standard InChI is InChI=1S/C17H29N3/c1-13(2)19-8-6-15(7-9-19)10-16-12-20-11-14(3)4-5-17(20)18-16/h12-15H,4-11H2,1-3H3. The van der Waals surface area contributed by atoms with Gasteiger partial charge in [0.05, 0.1) is 5.69 Å². The highest BCUT2D eigenvalue weighted by atomic mass is 15.1. The lowest BCUT2D eigenvalue weighted by molar-refractivity contribution is 0.149. The Balaban J connectivity index is 1.57. The summed E-state index contributed by atoms with van der Waals surface area (Å²) in [6.07, 6.45) is 8.70. The first-order valence-corrected chi connectivity index (χ1v) is 8.40. The fourth-order valence-electron chi connectivity index (χ4n) is 3.74. The number of rotatable bonds is 3. The average Bonchev–Trinajstić information content (AvgIpc) is 2.80. The maximum absolute atomic E-state index is 4.88. The molecule has 1 unspecified atom stereocenters. The van der Waals surface area contributed by atoms with E-state index in [0.29, 0.717) is 6.04 Å². The fourth-order valence-corrected chi connectivity index (χ4v) is 3.74. The van der Waals surface area contributed by atoms with Crippen LogP contribution in [0.5, 0.6) is 0 Å². The molecule has 0 N–H and O–H groups in total. The summed E-state index contributed by atoms with van der Waals surface area (Å²) in [4.78, 5) is 7.49. The highest BCUT2D eigenvalue weighted by Crippen LogP contribution is 2.25. The molecule has 20 heavy (non-hydrogen) atoms. The Morgan fingerprint density at radius 2 is 2.00 bits per heavy atom. The van der Waals surface area contributed by atoms with Crippen LogP contribution in [0.25, 0.3) is 0 Å². The van der Waals surface area contributed by atoms with Crippen LogP contribution in [0.15, 0.2) is 6.20 Å². The second-order valence-electron chi connectivity index (χ2n) is 7.22. The van der Waals surface area contributed by atoms with Crippen LogP contribution in [0.2, 0.25) is 0 Å². The highest BCUT2D eigenvalue weighted by molar-refractivity contribution is 5.08. The lowest BCUT2D eigenvalue weighted by Gasteiger charge is -2.34. The van der Waals surface area contributed by atoms with Crippen molar-refractivity contribution in [2.75, 3.05) is 13.1 Å². The van der Waals surface area contributed by atoms with E-state index in [1.54, 1.807) is 0 Å². The molecule has 3 heteroatoms. The molecule has 1 aromatic heterocycles. The number of piperidine rings is 1. The number of likely N-dealkylation sites (tertiary alicyclic amines) is 1. The summed E-state index contributed by atoms with van der Waals surface area (Å²) < 4.78 is 2.41. The van der Waals surface area contributed by atoms with Gasteiger partial charge in [0, 0.05) is 25.2 Å². The van der Waals surface area contributed by atoms with Crippen molar-refractivity contribution < 1.29 is 0 Å². The third kappa shape index (κ3) is 3.08. The Bertz CT molecular complexity index is 441. The van der Waals surface area contributed by atoms with E-state index in [-0.39, 0.29) is 0 Å². The number of fused-ring (bicyclic) bond motifs is 1. The number of hydrogen-bond acceptors (Lipinski definition) is 2. The van der Waals surface area contributed by atoms with Crippen molar-refractivity contribution in [1.82, 2.24) is 14.5 Å². The predicted molar refractivity (Wildman–Crippen MR) is 82.8 cm³/mol. The van der Waals surface area contributed by atoms with E-state index in [1.807, 2.05) is 0 Å². The van der Waals surface area contributed by atoms with E-state index in [9.17, 15) is 0 Å². The molecule has 1 atom stereocenters. The maximum atomic E-state index is 4.88. The molecule has 0 aliphatic carbocycles. The fraction of sp³-hybridized carbons (Fsp3) is 0.824. The van der Waals surface area contributed by atoms with Gasteiger partial charge in [-0.1, -0.05) is 6.92 Å². The van der Waals surface area contributed by atoms with Crippen molar-refractivity contribution in [2.24, 2.45) is 11.8 Å². The molecule has 1 aromatic rings. The molecule has 3 nitrogen and oxygen atoms in total. The maximum Gasteiger partial charge on any atom is 0.108 e. The number of hydrogen-bond donors (Lipinski definition) is 0. The van der Waals surface area contributed by atoms with Gasteiger partial charge in [-0.05, 0) is 64.5 Å². The molecule has 2 aliphatic rings. The van der Waals surface area contributed by atoms with Crippen molar-refractivity contribution in [2.45, 2.75) is 65.5 Å². The predicted octanol–water partition coefficient (Wildman–Crippen LogP) is 3.13. The Kier molecular flexibility index (Phi) is 4.16. The van der Waals surface area contributed by atoms with E-state index in [0.717, 1.165) is 11.8 Å². The zero-order valence-corrected chi connectivity index (χ0v) is 13.3. The summed E-state index contributed by atoms with van der Waals surface area (Å²) in [7, 11) is 0. The van der Waals surface area contributed by atoms with E-state index in [4.69, 9.17) is 4.98 Å². The first-order chi connectivity index (χ1) is 9.61. The molecule has 0 aromatic carbocycles. The lowest BCUT2D eigenvalue weighted by Crippen LogP contribution is -2.38. The number of nitrogens with zero attached hydrogens (tertiary/aromatic N) is 3. The number of aromatic nitrogens is 2. The second kappa shape index (κ2) is 5.88. The topological polar surface area (TPSA) is 21.1 Å². The van der Waals surface area contributed by atoms with Gasteiger partial charge in [-0.15, -0.1) is 0 Å². The molecule has 3 heterocycles. The van der Waals surface area contributed by atoms with Crippen LogP contribution in [0.4, 0.5) is 0 Å². The molecule has 0 amide bonds. The van der Waals surface area contributed by atoms with Crippen molar-refractivity contribution in [3.63, 3.8) is 0 Å². The molecule has 0 bridgehead atoms. The second-order valence-corrected chi connectivity index (χ2v) is 7.22. The van der Waals surface area contributed by atoms with Crippen LogP contribution in [0, 0.1) is 11.8 Å². The summed E-state index contributed by atoms with van der Waals surface area (Å²) in [6, 6.07) is 0.706. The Labute approximate surface area is 123 Å². The van der Waals surface area contributed by atoms with Gasteiger partial charge in [0.15, 0.2) is 0 Å². The molecular formula is C17H29N3. The van der Waals surface area contributed by atoms with Gasteiger partial charge in [-0.3, -0.25) is 0 Å². The van der Waals surface area contributed by atoms with Gasteiger partial charge in [0.25, 0.3) is 0 Å². The zero-order valence-electron chi connectivity index (χ0n) is 13.3. The molecule has 2 aliphatic heterocycles. The van der Waals surface area contributed by atoms with E-state index < -0.39 is 0 Å². The van der Waals surface area contributed by atoms with Crippen LogP contribution in [-0.2, 0) is 19.4 Å². The molecule has 112 valence electrons. The van der Waals surface area contributed by atoms with Crippen molar-refractivity contribution in [3.8, 4) is 0 Å². The van der Waals surface area contributed by atoms with Crippen molar-refractivity contribution in [3.05, 3.63) is 17.7 Å². The summed E-state index contributed by atoms with van der Waals surface area (Å²) >= 11 is 0. The first kappa shape index (κ1) is 14.1. The van der Waals surface area contributed by atoms with Crippen LogP contribution in [-0.4, -0.2) is 33.6 Å². The Hall–Kier alpha value is -0.830. The SMILES string of the molecule is CC1CCc2nc(CC3CCN(C(C)C)CC3)cn2C1. The minimum absolute atomic E-state index is 0.706. The average molecular weight is 275 g/mol. The zero-order chi connectivity index (χ0) is 14.1. The van der Waals surface area contributed by atoms with Gasteiger partial charge in [0.1, 0.15) is 5.82 Å².